The minimum absolute atomic E-state index is 0.180. The average molecular weight is 418 g/mol. The highest BCUT2D eigenvalue weighted by Gasteiger charge is 2.31. The summed E-state index contributed by atoms with van der Waals surface area (Å²) in [4.78, 5) is 12.2. The molecule has 6 nitrogen and oxygen atoms in total. The van der Waals surface area contributed by atoms with Crippen molar-refractivity contribution in [2.75, 3.05) is 0 Å². The fourth-order valence-corrected chi connectivity index (χ4v) is 5.69. The van der Waals surface area contributed by atoms with E-state index in [2.05, 4.69) is 55.8 Å². The van der Waals surface area contributed by atoms with Crippen molar-refractivity contribution in [3.05, 3.63) is 46.7 Å². The molecule has 1 aliphatic rings. The molecule has 0 spiro atoms. The van der Waals surface area contributed by atoms with Gasteiger partial charge in [0.25, 0.3) is 0 Å². The largest absolute Gasteiger partial charge is 0.370 e. The predicted molar refractivity (Wildman–Crippen MR) is 120 cm³/mol. The number of rotatable bonds is 2. The Bertz CT molecular complexity index is 1460. The van der Waals surface area contributed by atoms with Crippen molar-refractivity contribution in [1.82, 2.24) is 24.1 Å². The molecular formula is C23H23N5OS. The van der Waals surface area contributed by atoms with Crippen LogP contribution in [0.1, 0.15) is 37.0 Å². The van der Waals surface area contributed by atoms with Crippen molar-refractivity contribution >= 4 is 38.1 Å². The summed E-state index contributed by atoms with van der Waals surface area (Å²) in [5.74, 6) is 1.61. The van der Waals surface area contributed by atoms with E-state index in [0.29, 0.717) is 6.61 Å². The van der Waals surface area contributed by atoms with Crippen LogP contribution >= 0.6 is 11.3 Å². The fraction of sp³-hybridized carbons (Fsp3) is 0.348. The van der Waals surface area contributed by atoms with Gasteiger partial charge in [0.2, 0.25) is 0 Å². The van der Waals surface area contributed by atoms with Gasteiger partial charge in [-0.25, -0.2) is 9.97 Å². The van der Waals surface area contributed by atoms with Crippen molar-refractivity contribution in [1.29, 1.82) is 0 Å². The molecule has 0 amide bonds. The molecule has 0 radical (unpaired) electrons. The predicted octanol–water partition coefficient (Wildman–Crippen LogP) is 5.14. The molecule has 152 valence electrons. The summed E-state index contributed by atoms with van der Waals surface area (Å²) in [7, 11) is 0. The van der Waals surface area contributed by atoms with Gasteiger partial charge >= 0.3 is 0 Å². The second kappa shape index (κ2) is 6.12. The van der Waals surface area contributed by atoms with Crippen molar-refractivity contribution < 1.29 is 4.74 Å². The van der Waals surface area contributed by atoms with Crippen LogP contribution < -0.4 is 0 Å². The van der Waals surface area contributed by atoms with Gasteiger partial charge in [0.05, 0.1) is 17.6 Å². The van der Waals surface area contributed by atoms with Crippen LogP contribution in [0.3, 0.4) is 0 Å². The van der Waals surface area contributed by atoms with E-state index in [1.807, 2.05) is 11.4 Å². The standard InChI is InChI=1S/C23H23N5OS/c1-5-27-11-16(14-8-6-7-9-17(14)27)20-25-21-19-15-10-23(3,4)29-12-18(15)30-22(19)24-13(2)28(21)26-20/h6-9,11H,5,10,12H2,1-4H3. The van der Waals surface area contributed by atoms with Crippen molar-refractivity contribution in [2.24, 2.45) is 0 Å². The zero-order valence-electron chi connectivity index (χ0n) is 17.6. The van der Waals surface area contributed by atoms with E-state index in [1.54, 1.807) is 11.3 Å². The number of thiophene rings is 1. The van der Waals surface area contributed by atoms with Crippen LogP contribution in [-0.4, -0.2) is 29.8 Å². The molecule has 0 unspecified atom stereocenters. The molecule has 5 heterocycles. The van der Waals surface area contributed by atoms with Crippen LogP contribution in [0.2, 0.25) is 0 Å². The number of ether oxygens (including phenoxy) is 1. The number of aryl methyl sites for hydroxylation is 2. The smallest absolute Gasteiger partial charge is 0.184 e. The number of fused-ring (bicyclic) bond motifs is 6. The normalized spacial score (nSPS) is 16.0. The Balaban J connectivity index is 1.65. The Labute approximate surface area is 178 Å². The summed E-state index contributed by atoms with van der Waals surface area (Å²) < 4.78 is 10.2. The lowest BCUT2D eigenvalue weighted by Gasteiger charge is -2.30. The van der Waals surface area contributed by atoms with Crippen LogP contribution in [0.25, 0.3) is 38.2 Å². The Morgan fingerprint density at radius 3 is 2.87 bits per heavy atom. The second-order valence-electron chi connectivity index (χ2n) is 8.58. The third-order valence-electron chi connectivity index (χ3n) is 6.04. The van der Waals surface area contributed by atoms with E-state index in [9.17, 15) is 0 Å². The maximum atomic E-state index is 6.04. The number of aromatic nitrogens is 5. The first-order chi connectivity index (χ1) is 14.4. The van der Waals surface area contributed by atoms with E-state index in [4.69, 9.17) is 19.8 Å². The average Bonchev–Trinajstić information content (AvgIpc) is 3.40. The highest BCUT2D eigenvalue weighted by molar-refractivity contribution is 7.19. The number of hydrogen-bond donors (Lipinski definition) is 0. The lowest BCUT2D eigenvalue weighted by molar-refractivity contribution is -0.0379. The Morgan fingerprint density at radius 1 is 1.20 bits per heavy atom. The molecule has 0 saturated carbocycles. The first kappa shape index (κ1) is 18.0. The van der Waals surface area contributed by atoms with Gasteiger partial charge in [-0.15, -0.1) is 16.4 Å². The van der Waals surface area contributed by atoms with Gasteiger partial charge in [-0.2, -0.15) is 4.52 Å². The van der Waals surface area contributed by atoms with E-state index < -0.39 is 0 Å². The molecule has 30 heavy (non-hydrogen) atoms. The molecule has 0 bridgehead atoms. The van der Waals surface area contributed by atoms with Gasteiger partial charge in [-0.3, -0.25) is 0 Å². The Morgan fingerprint density at radius 2 is 2.03 bits per heavy atom. The zero-order chi connectivity index (χ0) is 20.6. The molecule has 0 N–H and O–H groups in total. The van der Waals surface area contributed by atoms with Crippen molar-refractivity contribution in [3.8, 4) is 11.4 Å². The maximum absolute atomic E-state index is 6.04. The number of benzene rings is 1. The molecule has 7 heteroatoms. The highest BCUT2D eigenvalue weighted by atomic mass is 32.1. The third kappa shape index (κ3) is 2.48. The molecule has 6 rings (SSSR count). The topological polar surface area (TPSA) is 57.2 Å². The van der Waals surface area contributed by atoms with Crippen molar-refractivity contribution in [3.63, 3.8) is 0 Å². The molecule has 1 aromatic carbocycles. The summed E-state index contributed by atoms with van der Waals surface area (Å²) in [5.41, 5.74) is 4.31. The fourth-order valence-electron chi connectivity index (χ4n) is 4.54. The molecule has 0 fully saturated rings. The number of para-hydroxylation sites is 1. The van der Waals surface area contributed by atoms with E-state index in [-0.39, 0.29) is 5.60 Å². The Hall–Kier alpha value is -2.77. The molecular weight excluding hydrogens is 394 g/mol. The van der Waals surface area contributed by atoms with Gasteiger partial charge in [0.1, 0.15) is 10.7 Å². The number of nitrogens with zero attached hydrogens (tertiary/aromatic N) is 5. The zero-order valence-corrected chi connectivity index (χ0v) is 18.4. The van der Waals surface area contributed by atoms with E-state index in [1.165, 1.54) is 21.3 Å². The van der Waals surface area contributed by atoms with Crippen LogP contribution in [0.4, 0.5) is 0 Å². The first-order valence-corrected chi connectivity index (χ1v) is 11.2. The minimum Gasteiger partial charge on any atom is -0.370 e. The van der Waals surface area contributed by atoms with Crippen LogP contribution in [-0.2, 0) is 24.3 Å². The molecule has 0 atom stereocenters. The molecule has 0 saturated heterocycles. The highest BCUT2D eigenvalue weighted by Crippen LogP contribution is 2.40. The van der Waals surface area contributed by atoms with Gasteiger partial charge in [-0.05, 0) is 39.3 Å². The van der Waals surface area contributed by atoms with Crippen LogP contribution in [0, 0.1) is 6.92 Å². The summed E-state index contributed by atoms with van der Waals surface area (Å²) in [6.45, 7) is 10.00. The van der Waals surface area contributed by atoms with Crippen LogP contribution in [0.5, 0.6) is 0 Å². The molecule has 1 aliphatic heterocycles. The molecule has 5 aromatic rings. The summed E-state index contributed by atoms with van der Waals surface area (Å²) in [5, 5.41) is 7.21. The monoisotopic (exact) mass is 417 g/mol. The second-order valence-corrected chi connectivity index (χ2v) is 9.67. The maximum Gasteiger partial charge on any atom is 0.184 e. The van der Waals surface area contributed by atoms with E-state index >= 15 is 0 Å². The quantitative estimate of drug-likeness (QED) is 0.399. The lowest BCUT2D eigenvalue weighted by Crippen LogP contribution is -2.31. The lowest BCUT2D eigenvalue weighted by atomic mass is 9.94. The Kier molecular flexibility index (Phi) is 3.68. The first-order valence-electron chi connectivity index (χ1n) is 10.3. The number of hydrogen-bond acceptors (Lipinski definition) is 5. The summed E-state index contributed by atoms with van der Waals surface area (Å²) >= 11 is 1.72. The van der Waals surface area contributed by atoms with Gasteiger partial charge in [-0.1, -0.05) is 18.2 Å². The molecule has 0 aliphatic carbocycles. The van der Waals surface area contributed by atoms with Gasteiger partial charge < -0.3 is 9.30 Å². The SMILES string of the molecule is CCn1cc(-c2nc3c4c5c(sc4nc(C)n3n2)COC(C)(C)C5)c2ccccc21. The minimum atomic E-state index is -0.180. The molecule has 4 aromatic heterocycles. The van der Waals surface area contributed by atoms with Gasteiger partial charge in [0.15, 0.2) is 11.5 Å². The summed E-state index contributed by atoms with van der Waals surface area (Å²) in [6, 6.07) is 8.45. The van der Waals surface area contributed by atoms with Gasteiger partial charge in [0, 0.05) is 40.5 Å². The van der Waals surface area contributed by atoms with Crippen molar-refractivity contribution in [2.45, 2.75) is 52.9 Å². The van der Waals surface area contributed by atoms with Crippen LogP contribution in [0.15, 0.2) is 30.5 Å². The van der Waals surface area contributed by atoms with E-state index in [0.717, 1.165) is 46.0 Å². The third-order valence-corrected chi connectivity index (χ3v) is 7.14. The summed E-state index contributed by atoms with van der Waals surface area (Å²) in [6.07, 6.45) is 3.03.